The highest BCUT2D eigenvalue weighted by molar-refractivity contribution is 6.33. The number of aromatic nitrogens is 4. The van der Waals surface area contributed by atoms with Crippen molar-refractivity contribution >= 4 is 17.3 Å². The molecule has 0 saturated carbocycles. The van der Waals surface area contributed by atoms with Crippen molar-refractivity contribution in [1.82, 2.24) is 20.2 Å². The molecule has 0 aliphatic carbocycles. The predicted octanol–water partition coefficient (Wildman–Crippen LogP) is 3.19. The Hall–Kier alpha value is -2.40. The van der Waals surface area contributed by atoms with Crippen LogP contribution < -0.4 is 5.73 Å². The van der Waals surface area contributed by atoms with Crippen molar-refractivity contribution in [1.29, 1.82) is 0 Å². The Morgan fingerprint density at radius 3 is 2.67 bits per heavy atom. The summed E-state index contributed by atoms with van der Waals surface area (Å²) in [6, 6.07) is 15.3. The smallest absolute Gasteiger partial charge is 0.184 e. The zero-order valence-electron chi connectivity index (χ0n) is 11.4. The van der Waals surface area contributed by atoms with E-state index in [1.807, 2.05) is 37.3 Å². The van der Waals surface area contributed by atoms with E-state index in [9.17, 15) is 0 Å². The molecule has 1 heterocycles. The van der Waals surface area contributed by atoms with E-state index in [1.54, 1.807) is 22.9 Å². The van der Waals surface area contributed by atoms with Gasteiger partial charge in [0.15, 0.2) is 5.82 Å². The minimum atomic E-state index is -0.00584. The maximum absolute atomic E-state index is 6.25. The number of hydrogen-bond donors (Lipinski definition) is 1. The molecule has 106 valence electrons. The number of nitrogens with zero attached hydrogens (tertiary/aromatic N) is 4. The van der Waals surface area contributed by atoms with E-state index in [2.05, 4.69) is 15.5 Å². The molecule has 1 atom stereocenters. The summed E-state index contributed by atoms with van der Waals surface area (Å²) in [4.78, 5) is 0. The van der Waals surface area contributed by atoms with Crippen molar-refractivity contribution in [2.45, 2.75) is 13.0 Å². The fraction of sp³-hybridized carbons (Fsp3) is 0.133. The van der Waals surface area contributed by atoms with Crippen LogP contribution in [0.15, 0.2) is 48.5 Å². The van der Waals surface area contributed by atoms with E-state index in [-0.39, 0.29) is 6.04 Å². The highest BCUT2D eigenvalue weighted by Crippen LogP contribution is 2.30. The molecular formula is C15H14ClN5. The van der Waals surface area contributed by atoms with Gasteiger partial charge in [-0.15, -0.1) is 5.10 Å². The van der Waals surface area contributed by atoms with Crippen molar-refractivity contribution in [3.05, 3.63) is 59.1 Å². The second-order valence-corrected chi connectivity index (χ2v) is 5.18. The molecule has 3 aromatic rings. The van der Waals surface area contributed by atoms with Crippen LogP contribution in [0.25, 0.3) is 11.4 Å². The molecule has 0 fully saturated rings. The van der Waals surface area contributed by atoms with Crippen molar-refractivity contribution < 1.29 is 0 Å². The van der Waals surface area contributed by atoms with Gasteiger partial charge in [-0.1, -0.05) is 41.9 Å². The van der Waals surface area contributed by atoms with E-state index in [4.69, 9.17) is 17.3 Å². The van der Waals surface area contributed by atoms with Gasteiger partial charge in [-0.3, -0.25) is 0 Å². The van der Waals surface area contributed by atoms with Gasteiger partial charge in [-0.25, -0.2) is 4.68 Å². The molecule has 0 aliphatic heterocycles. The lowest BCUT2D eigenvalue weighted by Crippen LogP contribution is -2.10. The molecule has 0 spiro atoms. The van der Waals surface area contributed by atoms with Crippen molar-refractivity contribution in [2.24, 2.45) is 0 Å². The zero-order chi connectivity index (χ0) is 14.8. The molecule has 1 unspecified atom stereocenters. The van der Waals surface area contributed by atoms with Crippen LogP contribution in [0, 0.1) is 0 Å². The second-order valence-electron chi connectivity index (χ2n) is 4.77. The van der Waals surface area contributed by atoms with Crippen LogP contribution in [0.2, 0.25) is 5.02 Å². The molecule has 2 aromatic carbocycles. The monoisotopic (exact) mass is 299 g/mol. The lowest BCUT2D eigenvalue weighted by Gasteiger charge is -2.14. The number of hydrogen-bond acceptors (Lipinski definition) is 4. The van der Waals surface area contributed by atoms with Crippen LogP contribution in [0.5, 0.6) is 0 Å². The van der Waals surface area contributed by atoms with E-state index in [0.717, 1.165) is 11.1 Å². The number of nitrogen functional groups attached to an aromatic ring is 1. The van der Waals surface area contributed by atoms with Crippen LogP contribution in [-0.2, 0) is 0 Å². The number of benzene rings is 2. The number of anilines is 1. The van der Waals surface area contributed by atoms with Crippen LogP contribution in [-0.4, -0.2) is 20.2 Å². The Balaban J connectivity index is 2.07. The molecule has 2 N–H and O–H groups in total. The van der Waals surface area contributed by atoms with Gasteiger partial charge in [0.1, 0.15) is 0 Å². The largest absolute Gasteiger partial charge is 0.399 e. The van der Waals surface area contributed by atoms with Crippen LogP contribution in [0.4, 0.5) is 5.69 Å². The Morgan fingerprint density at radius 1 is 1.14 bits per heavy atom. The highest BCUT2D eigenvalue weighted by Gasteiger charge is 2.18. The number of halogens is 1. The molecule has 0 amide bonds. The number of tetrazole rings is 1. The van der Waals surface area contributed by atoms with E-state index in [1.165, 1.54) is 0 Å². The number of nitrogens with two attached hydrogens (primary N) is 1. The summed E-state index contributed by atoms with van der Waals surface area (Å²) in [6.45, 7) is 2.04. The van der Waals surface area contributed by atoms with Crippen LogP contribution in [0.1, 0.15) is 18.5 Å². The summed E-state index contributed by atoms with van der Waals surface area (Å²) >= 11 is 6.25. The third-order valence-corrected chi connectivity index (χ3v) is 3.70. The quantitative estimate of drug-likeness (QED) is 0.754. The van der Waals surface area contributed by atoms with E-state index < -0.39 is 0 Å². The molecule has 6 heteroatoms. The van der Waals surface area contributed by atoms with Gasteiger partial charge < -0.3 is 5.73 Å². The first-order valence-electron chi connectivity index (χ1n) is 6.55. The molecule has 0 aliphatic rings. The van der Waals surface area contributed by atoms with Gasteiger partial charge in [0.05, 0.1) is 11.1 Å². The molecule has 5 nitrogen and oxygen atoms in total. The molecule has 3 rings (SSSR count). The predicted molar refractivity (Wildman–Crippen MR) is 82.9 cm³/mol. The third kappa shape index (κ3) is 2.60. The normalized spacial score (nSPS) is 12.3. The van der Waals surface area contributed by atoms with Crippen molar-refractivity contribution in [2.75, 3.05) is 5.73 Å². The maximum Gasteiger partial charge on any atom is 0.184 e. The fourth-order valence-corrected chi connectivity index (χ4v) is 2.42. The summed E-state index contributed by atoms with van der Waals surface area (Å²) in [5.41, 5.74) is 8.30. The van der Waals surface area contributed by atoms with Crippen molar-refractivity contribution in [3.63, 3.8) is 0 Å². The van der Waals surface area contributed by atoms with Gasteiger partial charge in [-0.2, -0.15) is 0 Å². The summed E-state index contributed by atoms with van der Waals surface area (Å²) in [6.07, 6.45) is 0. The third-order valence-electron chi connectivity index (χ3n) is 3.37. The van der Waals surface area contributed by atoms with Gasteiger partial charge in [0.25, 0.3) is 0 Å². The van der Waals surface area contributed by atoms with E-state index >= 15 is 0 Å². The summed E-state index contributed by atoms with van der Waals surface area (Å²) in [5, 5.41) is 12.5. The first-order valence-corrected chi connectivity index (χ1v) is 6.93. The summed E-state index contributed by atoms with van der Waals surface area (Å²) in [5.74, 6) is 0.601. The average molecular weight is 300 g/mol. The average Bonchev–Trinajstić information content (AvgIpc) is 2.99. The highest BCUT2D eigenvalue weighted by atomic mass is 35.5. The first kappa shape index (κ1) is 13.6. The lowest BCUT2D eigenvalue weighted by molar-refractivity contribution is 0.548. The minimum Gasteiger partial charge on any atom is -0.399 e. The van der Waals surface area contributed by atoms with Gasteiger partial charge in [-0.05, 0) is 41.1 Å². The zero-order valence-corrected chi connectivity index (χ0v) is 12.2. The Labute approximate surface area is 127 Å². The Bertz CT molecular complexity index is 754. The standard InChI is InChI=1S/C15H14ClN5/c1-10(11-5-3-2-4-6-11)21-15(18-19-20-21)13-9-12(17)7-8-14(13)16/h2-10H,17H2,1H3. The topological polar surface area (TPSA) is 69.6 Å². The van der Waals surface area contributed by atoms with Gasteiger partial charge in [0.2, 0.25) is 0 Å². The Kier molecular flexibility index (Phi) is 3.58. The maximum atomic E-state index is 6.25. The summed E-state index contributed by atoms with van der Waals surface area (Å²) in [7, 11) is 0. The Morgan fingerprint density at radius 2 is 1.90 bits per heavy atom. The molecule has 0 saturated heterocycles. The SMILES string of the molecule is CC(c1ccccc1)n1nnnc1-c1cc(N)ccc1Cl. The molecule has 21 heavy (non-hydrogen) atoms. The molecular weight excluding hydrogens is 286 g/mol. The molecule has 0 bridgehead atoms. The summed E-state index contributed by atoms with van der Waals surface area (Å²) < 4.78 is 1.75. The lowest BCUT2D eigenvalue weighted by atomic mass is 10.1. The van der Waals surface area contributed by atoms with Crippen LogP contribution in [0.3, 0.4) is 0 Å². The second kappa shape index (κ2) is 5.54. The van der Waals surface area contributed by atoms with Gasteiger partial charge >= 0.3 is 0 Å². The molecule has 0 radical (unpaired) electrons. The van der Waals surface area contributed by atoms with Crippen LogP contribution >= 0.6 is 11.6 Å². The minimum absolute atomic E-state index is 0.00584. The van der Waals surface area contributed by atoms with E-state index in [0.29, 0.717) is 16.5 Å². The van der Waals surface area contributed by atoms with Gasteiger partial charge in [0, 0.05) is 11.3 Å². The van der Waals surface area contributed by atoms with Crippen molar-refractivity contribution in [3.8, 4) is 11.4 Å². The fourth-order valence-electron chi connectivity index (χ4n) is 2.22. The molecule has 1 aromatic heterocycles. The number of rotatable bonds is 3. The first-order chi connectivity index (χ1) is 10.2.